The predicted molar refractivity (Wildman–Crippen MR) is 103 cm³/mol. The van der Waals surface area contributed by atoms with E-state index in [4.69, 9.17) is 5.73 Å². The number of nitrogens with one attached hydrogen (secondary N) is 2. The Morgan fingerprint density at radius 1 is 1.16 bits per heavy atom. The van der Waals surface area contributed by atoms with Gasteiger partial charge in [-0.1, -0.05) is 19.1 Å². The van der Waals surface area contributed by atoms with Crippen LogP contribution < -0.4 is 16.4 Å². The number of nitrogens with zero attached hydrogens (tertiary/aromatic N) is 1. The van der Waals surface area contributed by atoms with Gasteiger partial charge in [-0.15, -0.1) is 0 Å². The lowest BCUT2D eigenvalue weighted by molar-refractivity contribution is 0.599. The standard InChI is InChI=1S/C18H26N4O2S/c1-14(15-6-8-16(9-7-15)25(2,23)24)13-20-10-4-12-21-17-5-3-11-22-18(17)19/h3,5-9,11,14,20-21H,4,10,12-13H2,1-2H3,(H2,19,22)/t14-/m1/s1. The Kier molecular flexibility index (Phi) is 6.78. The number of hydrogen-bond acceptors (Lipinski definition) is 6. The highest BCUT2D eigenvalue weighted by molar-refractivity contribution is 7.90. The van der Waals surface area contributed by atoms with E-state index in [-0.39, 0.29) is 0 Å². The molecule has 1 heterocycles. The van der Waals surface area contributed by atoms with E-state index in [0.29, 0.717) is 16.6 Å². The van der Waals surface area contributed by atoms with Crippen LogP contribution in [-0.2, 0) is 9.84 Å². The van der Waals surface area contributed by atoms with Crippen LogP contribution in [0, 0.1) is 0 Å². The average Bonchev–Trinajstić information content (AvgIpc) is 2.58. The van der Waals surface area contributed by atoms with E-state index in [9.17, 15) is 8.42 Å². The summed E-state index contributed by atoms with van der Waals surface area (Å²) in [7, 11) is -3.13. The third kappa shape index (κ3) is 6.03. The van der Waals surface area contributed by atoms with Gasteiger partial charge in [0.2, 0.25) is 0 Å². The zero-order chi connectivity index (χ0) is 18.3. The van der Waals surface area contributed by atoms with E-state index in [2.05, 4.69) is 22.5 Å². The summed E-state index contributed by atoms with van der Waals surface area (Å²) in [6, 6.07) is 10.9. The molecule has 0 spiro atoms. The number of anilines is 2. The molecule has 25 heavy (non-hydrogen) atoms. The van der Waals surface area contributed by atoms with Gasteiger partial charge in [0.25, 0.3) is 0 Å². The Morgan fingerprint density at radius 2 is 1.88 bits per heavy atom. The third-order valence-corrected chi connectivity index (χ3v) is 5.14. The maximum Gasteiger partial charge on any atom is 0.175 e. The highest BCUT2D eigenvalue weighted by Gasteiger charge is 2.09. The first kappa shape index (κ1) is 19.2. The molecule has 0 aliphatic rings. The third-order valence-electron chi connectivity index (χ3n) is 4.01. The van der Waals surface area contributed by atoms with E-state index < -0.39 is 9.84 Å². The smallest absolute Gasteiger partial charge is 0.175 e. The number of aromatic nitrogens is 1. The zero-order valence-corrected chi connectivity index (χ0v) is 15.5. The van der Waals surface area contributed by atoms with Crippen molar-refractivity contribution in [2.45, 2.75) is 24.2 Å². The van der Waals surface area contributed by atoms with Crippen molar-refractivity contribution >= 4 is 21.3 Å². The van der Waals surface area contributed by atoms with Gasteiger partial charge < -0.3 is 16.4 Å². The summed E-state index contributed by atoms with van der Waals surface area (Å²) in [6.07, 6.45) is 3.86. The molecular weight excluding hydrogens is 336 g/mol. The highest BCUT2D eigenvalue weighted by Crippen LogP contribution is 2.17. The minimum Gasteiger partial charge on any atom is -0.382 e. The topological polar surface area (TPSA) is 97.1 Å². The number of rotatable bonds is 9. The van der Waals surface area contributed by atoms with Crippen LogP contribution in [0.2, 0.25) is 0 Å². The van der Waals surface area contributed by atoms with Gasteiger partial charge >= 0.3 is 0 Å². The Labute approximate surface area is 149 Å². The fourth-order valence-corrected chi connectivity index (χ4v) is 3.11. The van der Waals surface area contributed by atoms with Crippen LogP contribution in [0.15, 0.2) is 47.5 Å². The fourth-order valence-electron chi connectivity index (χ4n) is 2.48. The first-order chi connectivity index (χ1) is 11.9. The Morgan fingerprint density at radius 3 is 2.52 bits per heavy atom. The molecule has 0 radical (unpaired) electrons. The van der Waals surface area contributed by atoms with Gasteiger partial charge in [-0.2, -0.15) is 0 Å². The summed E-state index contributed by atoms with van der Waals surface area (Å²) >= 11 is 0. The first-order valence-electron chi connectivity index (χ1n) is 8.33. The SMILES string of the molecule is C[C@H](CNCCCNc1cccnc1N)c1ccc(S(C)(=O)=O)cc1. The number of nitrogen functional groups attached to an aromatic ring is 1. The number of sulfone groups is 1. The Bertz CT molecular complexity index is 776. The fraction of sp³-hybridized carbons (Fsp3) is 0.389. The average molecular weight is 362 g/mol. The number of nitrogens with two attached hydrogens (primary N) is 1. The molecule has 0 aliphatic carbocycles. The maximum absolute atomic E-state index is 11.5. The molecule has 0 saturated heterocycles. The molecular formula is C18H26N4O2S. The summed E-state index contributed by atoms with van der Waals surface area (Å²) in [6.45, 7) is 4.67. The van der Waals surface area contributed by atoms with Crippen LogP contribution in [0.1, 0.15) is 24.8 Å². The molecule has 2 rings (SSSR count). The molecule has 2 aromatic rings. The van der Waals surface area contributed by atoms with Crippen molar-refractivity contribution in [3.05, 3.63) is 48.2 Å². The quantitative estimate of drug-likeness (QED) is 0.592. The van der Waals surface area contributed by atoms with E-state index in [0.717, 1.165) is 37.3 Å². The van der Waals surface area contributed by atoms with Gasteiger partial charge in [0.05, 0.1) is 10.6 Å². The second-order valence-corrected chi connectivity index (χ2v) is 8.18. The van der Waals surface area contributed by atoms with E-state index >= 15 is 0 Å². The minimum absolute atomic E-state index is 0.315. The van der Waals surface area contributed by atoms with Crippen LogP contribution in [0.3, 0.4) is 0 Å². The summed E-state index contributed by atoms with van der Waals surface area (Å²) in [5.74, 6) is 0.831. The molecule has 0 unspecified atom stereocenters. The number of benzene rings is 1. The molecule has 6 nitrogen and oxygen atoms in total. The van der Waals surface area contributed by atoms with Crippen LogP contribution >= 0.6 is 0 Å². The molecule has 136 valence electrons. The van der Waals surface area contributed by atoms with Crippen molar-refractivity contribution < 1.29 is 8.42 Å². The molecule has 0 fully saturated rings. The molecule has 0 amide bonds. The lowest BCUT2D eigenvalue weighted by Crippen LogP contribution is -2.23. The lowest BCUT2D eigenvalue weighted by Gasteiger charge is -2.14. The maximum atomic E-state index is 11.5. The largest absolute Gasteiger partial charge is 0.382 e. The van der Waals surface area contributed by atoms with Crippen molar-refractivity contribution in [3.63, 3.8) is 0 Å². The Balaban J connectivity index is 1.68. The molecule has 0 bridgehead atoms. The normalized spacial score (nSPS) is 12.7. The summed E-state index contributed by atoms with van der Waals surface area (Å²) in [4.78, 5) is 4.39. The molecule has 1 aromatic heterocycles. The molecule has 4 N–H and O–H groups in total. The summed E-state index contributed by atoms with van der Waals surface area (Å²) in [5.41, 5.74) is 7.77. The zero-order valence-electron chi connectivity index (χ0n) is 14.7. The van der Waals surface area contributed by atoms with Gasteiger partial charge in [-0.05, 0) is 48.7 Å². The van der Waals surface area contributed by atoms with Crippen LogP contribution in [0.4, 0.5) is 11.5 Å². The van der Waals surface area contributed by atoms with Crippen molar-refractivity contribution in [1.29, 1.82) is 0 Å². The molecule has 7 heteroatoms. The Hall–Kier alpha value is -2.12. The van der Waals surface area contributed by atoms with Gasteiger partial charge in [0.15, 0.2) is 9.84 Å². The second-order valence-electron chi connectivity index (χ2n) is 6.16. The summed E-state index contributed by atoms with van der Waals surface area (Å²) < 4.78 is 23.0. The van der Waals surface area contributed by atoms with Gasteiger partial charge in [-0.3, -0.25) is 0 Å². The first-order valence-corrected chi connectivity index (χ1v) is 10.2. The van der Waals surface area contributed by atoms with E-state index in [1.54, 1.807) is 18.3 Å². The highest BCUT2D eigenvalue weighted by atomic mass is 32.2. The van der Waals surface area contributed by atoms with E-state index in [1.807, 2.05) is 24.3 Å². The van der Waals surface area contributed by atoms with Crippen molar-refractivity contribution in [3.8, 4) is 0 Å². The van der Waals surface area contributed by atoms with Crippen molar-refractivity contribution in [2.75, 3.05) is 36.9 Å². The van der Waals surface area contributed by atoms with Gasteiger partial charge in [-0.25, -0.2) is 13.4 Å². The lowest BCUT2D eigenvalue weighted by atomic mass is 10.0. The van der Waals surface area contributed by atoms with Crippen LogP contribution in [0.5, 0.6) is 0 Å². The molecule has 0 saturated carbocycles. The van der Waals surface area contributed by atoms with Gasteiger partial charge in [0, 0.05) is 25.5 Å². The van der Waals surface area contributed by atoms with Crippen molar-refractivity contribution in [2.24, 2.45) is 0 Å². The molecule has 0 aliphatic heterocycles. The van der Waals surface area contributed by atoms with Crippen LogP contribution in [-0.4, -0.2) is 39.3 Å². The number of pyridine rings is 1. The van der Waals surface area contributed by atoms with E-state index in [1.165, 1.54) is 6.26 Å². The van der Waals surface area contributed by atoms with Gasteiger partial charge in [0.1, 0.15) is 5.82 Å². The molecule has 1 aromatic carbocycles. The summed E-state index contributed by atoms with van der Waals surface area (Å²) in [5, 5.41) is 6.69. The molecule has 1 atom stereocenters. The minimum atomic E-state index is -3.13. The van der Waals surface area contributed by atoms with Crippen molar-refractivity contribution in [1.82, 2.24) is 10.3 Å². The predicted octanol–water partition coefficient (Wildman–Crippen LogP) is 2.26. The van der Waals surface area contributed by atoms with Crippen LogP contribution in [0.25, 0.3) is 0 Å². The monoisotopic (exact) mass is 362 g/mol. The second kappa shape index (κ2) is 8.82. The number of hydrogen-bond donors (Lipinski definition) is 3.